The summed E-state index contributed by atoms with van der Waals surface area (Å²) in [6.07, 6.45) is 3.05. The average molecular weight is 345 g/mol. The molecule has 0 saturated carbocycles. The maximum Gasteiger partial charge on any atom is 0.241 e. The van der Waals surface area contributed by atoms with Gasteiger partial charge in [0.1, 0.15) is 0 Å². The first-order valence-corrected chi connectivity index (χ1v) is 9.84. The molecule has 0 fully saturated rings. The fourth-order valence-corrected chi connectivity index (χ4v) is 3.35. The smallest absolute Gasteiger partial charge is 0.241 e. The minimum Gasteiger partial charge on any atom is -0.301 e. The second-order valence-corrected chi connectivity index (χ2v) is 8.42. The fraction of sp³-hybridized carbons (Fsp3) is 0.333. The molecule has 0 aliphatic rings. The van der Waals surface area contributed by atoms with Crippen LogP contribution < -0.4 is 5.32 Å². The summed E-state index contributed by atoms with van der Waals surface area (Å²) in [5.74, 6) is -0.410. The summed E-state index contributed by atoms with van der Waals surface area (Å²) in [6.45, 7) is -0.231. The third-order valence-corrected chi connectivity index (χ3v) is 5.69. The van der Waals surface area contributed by atoms with Gasteiger partial charge in [0.25, 0.3) is 0 Å². The quantitative estimate of drug-likeness (QED) is 0.837. The van der Waals surface area contributed by atoms with Gasteiger partial charge in [-0.25, -0.2) is 13.4 Å². The van der Waals surface area contributed by atoms with Gasteiger partial charge in [0.15, 0.2) is 5.13 Å². The lowest BCUT2D eigenvalue weighted by Crippen LogP contribution is -2.34. The van der Waals surface area contributed by atoms with E-state index in [1.54, 1.807) is 11.8 Å². The molecule has 0 aliphatic heterocycles. The van der Waals surface area contributed by atoms with E-state index >= 15 is 0 Å². The SMILES string of the molecule is CSc1ccc2nc(NC(=O)CN(C)S(C)(=O)=O)sc2c1. The zero-order valence-corrected chi connectivity index (χ0v) is 14.2. The van der Waals surface area contributed by atoms with Gasteiger partial charge >= 0.3 is 0 Å². The average Bonchev–Trinajstić information content (AvgIpc) is 2.78. The molecule has 1 aromatic heterocycles. The van der Waals surface area contributed by atoms with Gasteiger partial charge in [0.05, 0.1) is 23.0 Å². The minimum absolute atomic E-state index is 0.231. The lowest BCUT2D eigenvalue weighted by molar-refractivity contribution is -0.116. The Labute approximate surface area is 131 Å². The third-order valence-electron chi connectivity index (χ3n) is 2.77. The number of sulfonamides is 1. The van der Waals surface area contributed by atoms with Crippen molar-refractivity contribution in [1.29, 1.82) is 0 Å². The first-order valence-electron chi connectivity index (χ1n) is 5.95. The number of nitrogens with one attached hydrogen (secondary N) is 1. The monoisotopic (exact) mass is 345 g/mol. The highest BCUT2D eigenvalue weighted by molar-refractivity contribution is 7.98. The van der Waals surface area contributed by atoms with Gasteiger partial charge in [0, 0.05) is 11.9 Å². The third kappa shape index (κ3) is 4.16. The van der Waals surface area contributed by atoms with Crippen molar-refractivity contribution in [1.82, 2.24) is 9.29 Å². The number of thioether (sulfide) groups is 1. The van der Waals surface area contributed by atoms with Crippen molar-refractivity contribution in [2.75, 3.05) is 31.4 Å². The van der Waals surface area contributed by atoms with Gasteiger partial charge in [-0.2, -0.15) is 4.31 Å². The van der Waals surface area contributed by atoms with Crippen molar-refractivity contribution in [3.8, 4) is 0 Å². The Morgan fingerprint density at radius 1 is 1.48 bits per heavy atom. The zero-order chi connectivity index (χ0) is 15.6. The van der Waals surface area contributed by atoms with E-state index in [4.69, 9.17) is 0 Å². The Morgan fingerprint density at radius 2 is 2.19 bits per heavy atom. The number of fused-ring (bicyclic) bond motifs is 1. The molecule has 21 heavy (non-hydrogen) atoms. The Kier molecular flexibility index (Phi) is 4.87. The van der Waals surface area contributed by atoms with Gasteiger partial charge < -0.3 is 5.32 Å². The molecule has 6 nitrogen and oxygen atoms in total. The van der Waals surface area contributed by atoms with Crippen LogP contribution >= 0.6 is 23.1 Å². The van der Waals surface area contributed by atoms with E-state index in [0.29, 0.717) is 5.13 Å². The molecule has 0 aliphatic carbocycles. The Bertz CT molecular complexity index is 770. The molecule has 1 heterocycles. The predicted molar refractivity (Wildman–Crippen MR) is 87.5 cm³/mol. The molecular weight excluding hydrogens is 330 g/mol. The number of nitrogens with zero attached hydrogens (tertiary/aromatic N) is 2. The summed E-state index contributed by atoms with van der Waals surface area (Å²) in [5.41, 5.74) is 0.810. The van der Waals surface area contributed by atoms with Crippen LogP contribution in [-0.4, -0.2) is 49.7 Å². The highest BCUT2D eigenvalue weighted by atomic mass is 32.2. The first kappa shape index (κ1) is 16.2. The number of aromatic nitrogens is 1. The number of likely N-dealkylation sites (N-methyl/N-ethyl adjacent to an activating group) is 1. The molecule has 114 valence electrons. The van der Waals surface area contributed by atoms with Crippen molar-refractivity contribution in [3.05, 3.63) is 18.2 Å². The van der Waals surface area contributed by atoms with Crippen molar-refractivity contribution in [2.45, 2.75) is 4.90 Å². The summed E-state index contributed by atoms with van der Waals surface area (Å²) >= 11 is 3.00. The van der Waals surface area contributed by atoms with E-state index < -0.39 is 15.9 Å². The van der Waals surface area contributed by atoms with Crippen LogP contribution in [0.4, 0.5) is 5.13 Å². The summed E-state index contributed by atoms with van der Waals surface area (Å²) in [7, 11) is -2.01. The van der Waals surface area contributed by atoms with Crippen molar-refractivity contribution in [3.63, 3.8) is 0 Å². The number of carbonyl (C=O) groups is 1. The van der Waals surface area contributed by atoms with E-state index in [9.17, 15) is 13.2 Å². The number of benzene rings is 1. The summed E-state index contributed by atoms with van der Waals surface area (Å²) in [5, 5.41) is 3.10. The Hall–Kier alpha value is -1.16. The molecule has 0 atom stereocenters. The van der Waals surface area contributed by atoms with Crippen LogP contribution in [0, 0.1) is 0 Å². The van der Waals surface area contributed by atoms with Crippen LogP contribution in [0.25, 0.3) is 10.2 Å². The fourth-order valence-electron chi connectivity index (χ4n) is 1.56. The van der Waals surface area contributed by atoms with Crippen molar-refractivity contribution < 1.29 is 13.2 Å². The largest absolute Gasteiger partial charge is 0.301 e. The van der Waals surface area contributed by atoms with E-state index in [1.165, 1.54) is 18.4 Å². The number of anilines is 1. The topological polar surface area (TPSA) is 79.4 Å². The number of hydrogen-bond acceptors (Lipinski definition) is 6. The maximum absolute atomic E-state index is 11.8. The van der Waals surface area contributed by atoms with E-state index in [1.807, 2.05) is 24.5 Å². The van der Waals surface area contributed by atoms with Gasteiger partial charge in [-0.3, -0.25) is 4.79 Å². The normalized spacial score (nSPS) is 12.0. The molecule has 1 N–H and O–H groups in total. The molecule has 0 radical (unpaired) electrons. The first-order chi connectivity index (χ1) is 9.79. The van der Waals surface area contributed by atoms with Gasteiger partial charge in [-0.15, -0.1) is 11.8 Å². The van der Waals surface area contributed by atoms with E-state index in [2.05, 4.69) is 10.3 Å². The van der Waals surface area contributed by atoms with E-state index in [-0.39, 0.29) is 6.54 Å². The van der Waals surface area contributed by atoms with Crippen molar-refractivity contribution in [2.24, 2.45) is 0 Å². The van der Waals surface area contributed by atoms with Crippen LogP contribution in [-0.2, 0) is 14.8 Å². The Balaban J connectivity index is 2.11. The number of thiazole rings is 1. The number of hydrogen-bond donors (Lipinski definition) is 1. The zero-order valence-electron chi connectivity index (χ0n) is 11.8. The van der Waals surface area contributed by atoms with Gasteiger partial charge in [-0.05, 0) is 24.5 Å². The molecule has 9 heteroatoms. The lowest BCUT2D eigenvalue weighted by atomic mass is 10.3. The number of amides is 1. The summed E-state index contributed by atoms with van der Waals surface area (Å²) in [6, 6.07) is 5.88. The highest BCUT2D eigenvalue weighted by Gasteiger charge is 2.16. The summed E-state index contributed by atoms with van der Waals surface area (Å²) < 4.78 is 24.5. The molecular formula is C12H15N3O3S3. The molecule has 2 rings (SSSR count). The lowest BCUT2D eigenvalue weighted by Gasteiger charge is -2.12. The molecule has 0 saturated heterocycles. The van der Waals surface area contributed by atoms with Crippen LogP contribution in [0.3, 0.4) is 0 Å². The number of rotatable bonds is 5. The van der Waals surface area contributed by atoms with E-state index in [0.717, 1.165) is 25.7 Å². The van der Waals surface area contributed by atoms with Crippen LogP contribution in [0.1, 0.15) is 0 Å². The maximum atomic E-state index is 11.8. The molecule has 1 amide bonds. The van der Waals surface area contributed by atoms with Gasteiger partial charge in [-0.1, -0.05) is 11.3 Å². The van der Waals surface area contributed by atoms with Crippen molar-refractivity contribution >= 4 is 54.4 Å². The predicted octanol–water partition coefficient (Wildman–Crippen LogP) is 1.85. The minimum atomic E-state index is -3.37. The number of carbonyl (C=O) groups excluding carboxylic acids is 1. The molecule has 0 bridgehead atoms. The Morgan fingerprint density at radius 3 is 2.81 bits per heavy atom. The van der Waals surface area contributed by atoms with Gasteiger partial charge in [0.2, 0.25) is 15.9 Å². The molecule has 2 aromatic rings. The molecule has 0 spiro atoms. The van der Waals surface area contributed by atoms with Crippen LogP contribution in [0.2, 0.25) is 0 Å². The second kappa shape index (κ2) is 6.30. The van der Waals surface area contributed by atoms with Crippen LogP contribution in [0.15, 0.2) is 23.1 Å². The molecule has 1 aromatic carbocycles. The standard InChI is InChI=1S/C12H15N3O3S3/c1-15(21(3,17)18)7-11(16)14-12-13-9-5-4-8(19-2)6-10(9)20-12/h4-6H,7H2,1-3H3,(H,13,14,16). The van der Waals surface area contributed by atoms with Crippen LogP contribution in [0.5, 0.6) is 0 Å². The summed E-state index contributed by atoms with van der Waals surface area (Å²) in [4.78, 5) is 17.2. The second-order valence-electron chi connectivity index (χ2n) is 4.42. The molecule has 0 unspecified atom stereocenters. The highest BCUT2D eigenvalue weighted by Crippen LogP contribution is 2.29.